The average Bonchev–Trinajstić information content (AvgIpc) is 2.78. The zero-order chi connectivity index (χ0) is 16.7. The highest BCUT2D eigenvalue weighted by Crippen LogP contribution is 2.23. The maximum atomic E-state index is 12.4. The molecule has 3 aromatic rings. The lowest BCUT2D eigenvalue weighted by Gasteiger charge is -2.01. The molecular weight excluding hydrogens is 351 g/mol. The molecule has 0 radical (unpaired) electrons. The van der Waals surface area contributed by atoms with Gasteiger partial charge in [0.15, 0.2) is 4.80 Å². The van der Waals surface area contributed by atoms with Crippen molar-refractivity contribution in [2.45, 2.75) is 13.8 Å². The van der Waals surface area contributed by atoms with Crippen molar-refractivity contribution in [1.29, 1.82) is 0 Å². The number of fused-ring (bicyclic) bond motifs is 1. The molecule has 0 spiro atoms. The first kappa shape index (κ1) is 16.2. The van der Waals surface area contributed by atoms with Gasteiger partial charge in [-0.2, -0.15) is 4.99 Å². The smallest absolute Gasteiger partial charge is 0.281 e. The van der Waals surface area contributed by atoms with E-state index in [0.717, 1.165) is 10.2 Å². The molecule has 0 unspecified atom stereocenters. The summed E-state index contributed by atoms with van der Waals surface area (Å²) in [6.45, 7) is 4.14. The van der Waals surface area contributed by atoms with Crippen LogP contribution >= 0.6 is 34.5 Å². The molecule has 0 atom stereocenters. The Morgan fingerprint density at radius 2 is 1.83 bits per heavy atom. The maximum absolute atomic E-state index is 12.4. The van der Waals surface area contributed by atoms with Crippen molar-refractivity contribution in [3.05, 3.63) is 61.9 Å². The van der Waals surface area contributed by atoms with Crippen molar-refractivity contribution in [3.8, 4) is 0 Å². The number of carbonyl (C=O) groups is 1. The van der Waals surface area contributed by atoms with E-state index in [2.05, 4.69) is 31.0 Å². The van der Waals surface area contributed by atoms with Gasteiger partial charge in [-0.05, 0) is 55.3 Å². The van der Waals surface area contributed by atoms with Gasteiger partial charge < -0.3 is 4.57 Å². The molecule has 0 N–H and O–H groups in total. The van der Waals surface area contributed by atoms with Crippen LogP contribution in [0.4, 0.5) is 0 Å². The minimum absolute atomic E-state index is 0.309. The second-order valence-electron chi connectivity index (χ2n) is 5.39. The summed E-state index contributed by atoms with van der Waals surface area (Å²) in [4.78, 5) is 17.3. The molecule has 6 heteroatoms. The van der Waals surface area contributed by atoms with Gasteiger partial charge in [-0.3, -0.25) is 4.79 Å². The summed E-state index contributed by atoms with van der Waals surface area (Å²) in [5.41, 5.74) is 3.79. The molecule has 0 aliphatic heterocycles. The summed E-state index contributed by atoms with van der Waals surface area (Å²) in [7, 11) is 1.90. The average molecular weight is 365 g/mol. The molecular formula is C17H14Cl2N2OS. The van der Waals surface area contributed by atoms with Crippen LogP contribution in [-0.2, 0) is 7.05 Å². The SMILES string of the molecule is Cc1cc2sc(=NC(=O)c3cc(Cl)ccc3Cl)n(C)c2cc1C. The number of carbonyl (C=O) groups excluding carboxylic acids is 1. The van der Waals surface area contributed by atoms with Gasteiger partial charge in [0, 0.05) is 12.1 Å². The third kappa shape index (κ3) is 3.07. The monoisotopic (exact) mass is 364 g/mol. The van der Waals surface area contributed by atoms with Crippen LogP contribution in [0.5, 0.6) is 0 Å². The molecule has 1 amide bonds. The molecule has 1 aromatic heterocycles. The van der Waals surface area contributed by atoms with Gasteiger partial charge in [-0.25, -0.2) is 0 Å². The standard InChI is InChI=1S/C17H14Cl2N2OS/c1-9-6-14-15(7-10(9)2)23-17(21(14)3)20-16(22)12-8-11(18)4-5-13(12)19/h4-8H,1-3H3. The Kier molecular flexibility index (Phi) is 4.32. The van der Waals surface area contributed by atoms with Crippen LogP contribution in [0.2, 0.25) is 10.0 Å². The van der Waals surface area contributed by atoms with Crippen molar-refractivity contribution in [3.63, 3.8) is 0 Å². The molecule has 3 nitrogen and oxygen atoms in total. The number of thiazole rings is 1. The summed E-state index contributed by atoms with van der Waals surface area (Å²) < 4.78 is 3.02. The molecule has 0 fully saturated rings. The van der Waals surface area contributed by atoms with Crippen molar-refractivity contribution in [2.75, 3.05) is 0 Å². The van der Waals surface area contributed by atoms with E-state index in [1.54, 1.807) is 12.1 Å². The lowest BCUT2D eigenvalue weighted by atomic mass is 10.1. The number of hydrogen-bond acceptors (Lipinski definition) is 2. The van der Waals surface area contributed by atoms with E-state index in [1.807, 2.05) is 11.6 Å². The first-order valence-corrected chi connectivity index (χ1v) is 8.55. The van der Waals surface area contributed by atoms with Crippen LogP contribution in [0.3, 0.4) is 0 Å². The number of halogens is 2. The Bertz CT molecular complexity index is 1000. The minimum Gasteiger partial charge on any atom is -0.319 e. The molecule has 0 saturated heterocycles. The summed E-state index contributed by atoms with van der Waals surface area (Å²) >= 11 is 13.5. The molecule has 3 rings (SSSR count). The lowest BCUT2D eigenvalue weighted by molar-refractivity contribution is 0.0998. The lowest BCUT2D eigenvalue weighted by Crippen LogP contribution is -2.13. The van der Waals surface area contributed by atoms with Crippen LogP contribution in [0.1, 0.15) is 21.5 Å². The molecule has 0 aliphatic carbocycles. The highest BCUT2D eigenvalue weighted by atomic mass is 35.5. The third-order valence-electron chi connectivity index (χ3n) is 3.78. The number of aryl methyl sites for hydroxylation is 3. The molecule has 0 aliphatic rings. The molecule has 118 valence electrons. The van der Waals surface area contributed by atoms with E-state index in [-0.39, 0.29) is 0 Å². The fourth-order valence-electron chi connectivity index (χ4n) is 2.29. The third-order valence-corrected chi connectivity index (χ3v) is 5.44. The number of rotatable bonds is 1. The van der Waals surface area contributed by atoms with Crippen LogP contribution in [-0.4, -0.2) is 10.5 Å². The largest absolute Gasteiger partial charge is 0.319 e. The van der Waals surface area contributed by atoms with Gasteiger partial charge in [0.05, 0.1) is 20.8 Å². The Labute approximate surface area is 147 Å². The predicted octanol–water partition coefficient (Wildman–Crippen LogP) is 4.90. The van der Waals surface area contributed by atoms with E-state index in [0.29, 0.717) is 20.4 Å². The maximum Gasteiger partial charge on any atom is 0.281 e. The summed E-state index contributed by atoms with van der Waals surface area (Å²) in [5.74, 6) is -0.395. The van der Waals surface area contributed by atoms with Gasteiger partial charge in [0.1, 0.15) is 0 Å². The first-order valence-electron chi connectivity index (χ1n) is 6.97. The Morgan fingerprint density at radius 1 is 1.13 bits per heavy atom. The van der Waals surface area contributed by atoms with E-state index < -0.39 is 5.91 Å². The Morgan fingerprint density at radius 3 is 2.57 bits per heavy atom. The molecule has 23 heavy (non-hydrogen) atoms. The number of aromatic nitrogens is 1. The highest BCUT2D eigenvalue weighted by Gasteiger charge is 2.12. The fraction of sp³-hybridized carbons (Fsp3) is 0.176. The Hall–Kier alpha value is -1.62. The predicted molar refractivity (Wildman–Crippen MR) is 96.6 cm³/mol. The fourth-order valence-corrected chi connectivity index (χ4v) is 3.76. The minimum atomic E-state index is -0.395. The van der Waals surface area contributed by atoms with Crippen LogP contribution in [0.15, 0.2) is 35.3 Å². The summed E-state index contributed by atoms with van der Waals surface area (Å²) in [6.07, 6.45) is 0. The number of benzene rings is 2. The topological polar surface area (TPSA) is 34.4 Å². The van der Waals surface area contributed by atoms with Crippen LogP contribution < -0.4 is 4.80 Å². The van der Waals surface area contributed by atoms with Gasteiger partial charge in [0.25, 0.3) is 5.91 Å². The molecule has 1 heterocycles. The molecule has 0 bridgehead atoms. The Balaban J connectivity index is 2.16. The zero-order valence-electron chi connectivity index (χ0n) is 12.9. The van der Waals surface area contributed by atoms with Crippen LogP contribution in [0, 0.1) is 13.8 Å². The van der Waals surface area contributed by atoms with Crippen molar-refractivity contribution < 1.29 is 4.79 Å². The van der Waals surface area contributed by atoms with E-state index in [1.165, 1.54) is 28.5 Å². The number of hydrogen-bond donors (Lipinski definition) is 0. The summed E-state index contributed by atoms with van der Waals surface area (Å²) in [5, 5.41) is 0.804. The summed E-state index contributed by atoms with van der Waals surface area (Å²) in [6, 6.07) is 9.01. The van der Waals surface area contributed by atoms with Crippen LogP contribution in [0.25, 0.3) is 10.2 Å². The van der Waals surface area contributed by atoms with E-state index in [4.69, 9.17) is 23.2 Å². The van der Waals surface area contributed by atoms with Crippen molar-refractivity contribution >= 4 is 50.7 Å². The molecule has 0 saturated carbocycles. The number of amides is 1. The second-order valence-corrected chi connectivity index (χ2v) is 7.24. The quantitative estimate of drug-likeness (QED) is 0.604. The second kappa shape index (κ2) is 6.11. The zero-order valence-corrected chi connectivity index (χ0v) is 15.2. The molecule has 2 aromatic carbocycles. The van der Waals surface area contributed by atoms with E-state index in [9.17, 15) is 4.79 Å². The van der Waals surface area contributed by atoms with Gasteiger partial charge in [-0.15, -0.1) is 0 Å². The van der Waals surface area contributed by atoms with Crippen molar-refractivity contribution in [1.82, 2.24) is 4.57 Å². The number of nitrogens with zero attached hydrogens (tertiary/aromatic N) is 2. The van der Waals surface area contributed by atoms with E-state index >= 15 is 0 Å². The van der Waals surface area contributed by atoms with Crippen molar-refractivity contribution in [2.24, 2.45) is 12.0 Å². The first-order chi connectivity index (χ1) is 10.9. The highest BCUT2D eigenvalue weighted by molar-refractivity contribution is 7.16. The van der Waals surface area contributed by atoms with Gasteiger partial charge >= 0.3 is 0 Å². The normalized spacial score (nSPS) is 12.1. The van der Waals surface area contributed by atoms with Gasteiger partial charge in [-0.1, -0.05) is 34.5 Å². The van der Waals surface area contributed by atoms with Gasteiger partial charge in [0.2, 0.25) is 0 Å².